The zero-order chi connectivity index (χ0) is 33.7. The van der Waals surface area contributed by atoms with E-state index in [4.69, 9.17) is 15.5 Å². The second-order valence-electron chi connectivity index (χ2n) is 12.0. The van der Waals surface area contributed by atoms with E-state index in [1.54, 1.807) is 48.9 Å². The molecule has 0 spiro atoms. The molecule has 0 aliphatic carbocycles. The molecule has 0 radical (unpaired) electrons. The minimum Gasteiger partial charge on any atom is -0.421 e. The van der Waals surface area contributed by atoms with Crippen LogP contribution in [0.25, 0.3) is 42.9 Å². The van der Waals surface area contributed by atoms with Gasteiger partial charge >= 0.3 is 6.01 Å². The van der Waals surface area contributed by atoms with Gasteiger partial charge in [0.15, 0.2) is 11.6 Å². The Kier molecular flexibility index (Phi) is 7.98. The number of anilines is 2. The van der Waals surface area contributed by atoms with E-state index in [9.17, 15) is 4.79 Å². The van der Waals surface area contributed by atoms with Crippen LogP contribution in [0.5, 0.6) is 11.8 Å². The van der Waals surface area contributed by atoms with Gasteiger partial charge < -0.3 is 20.4 Å². The first-order valence-electron chi connectivity index (χ1n) is 15.4. The second-order valence-corrected chi connectivity index (χ2v) is 13.1. The van der Waals surface area contributed by atoms with Crippen molar-refractivity contribution < 1.29 is 13.9 Å². The Balaban J connectivity index is 1.40. The quantitative estimate of drug-likeness (QED) is 0.170. The van der Waals surface area contributed by atoms with Crippen LogP contribution in [-0.4, -0.2) is 48.9 Å². The van der Waals surface area contributed by atoms with E-state index in [0.29, 0.717) is 33.7 Å². The van der Waals surface area contributed by atoms with Gasteiger partial charge in [0.2, 0.25) is 0 Å². The topological polar surface area (TPSA) is 124 Å². The van der Waals surface area contributed by atoms with Gasteiger partial charge in [0.1, 0.15) is 11.6 Å². The Morgan fingerprint density at radius 1 is 1.08 bits per heavy atom. The van der Waals surface area contributed by atoms with Gasteiger partial charge in [0, 0.05) is 70.0 Å². The number of hydrogen-bond acceptors (Lipinski definition) is 9. The fraction of sp³-hybridized carbons (Fsp3) is 0.194. The number of halogens is 1. The Labute approximate surface area is 280 Å². The van der Waals surface area contributed by atoms with Crippen molar-refractivity contribution in [1.29, 1.82) is 0 Å². The van der Waals surface area contributed by atoms with Crippen molar-refractivity contribution >= 4 is 38.8 Å². The van der Waals surface area contributed by atoms with E-state index in [0.717, 1.165) is 63.0 Å². The number of ether oxygens (including phenoxy) is 1. The minimum atomic E-state index is -0.578. The molecule has 5 heterocycles. The maximum absolute atomic E-state index is 15.8. The summed E-state index contributed by atoms with van der Waals surface area (Å²) in [4.78, 5) is 33.4. The number of fused-ring (bicyclic) bond motifs is 2. The van der Waals surface area contributed by atoms with Gasteiger partial charge in [-0.05, 0) is 74.8 Å². The Morgan fingerprint density at radius 2 is 1.92 bits per heavy atom. The number of carbonyl (C=O) groups excluding carboxylic acids is 1. The summed E-state index contributed by atoms with van der Waals surface area (Å²) in [6, 6.07) is 12.3. The van der Waals surface area contributed by atoms with Gasteiger partial charge in [0.25, 0.3) is 5.91 Å². The number of aromatic nitrogens is 5. The van der Waals surface area contributed by atoms with E-state index in [2.05, 4.69) is 49.6 Å². The molecule has 1 aliphatic rings. The predicted octanol–water partition coefficient (Wildman–Crippen LogP) is 7.37. The highest BCUT2D eigenvalue weighted by Gasteiger charge is 2.25. The lowest BCUT2D eigenvalue weighted by atomic mass is 9.96. The molecule has 10 nitrogen and oxygen atoms in total. The van der Waals surface area contributed by atoms with Crippen molar-refractivity contribution in [2.45, 2.75) is 33.9 Å². The number of pyridine rings is 1. The number of amides is 1. The third kappa shape index (κ3) is 5.80. The summed E-state index contributed by atoms with van der Waals surface area (Å²) in [6.07, 6.45) is 5.40. The van der Waals surface area contributed by atoms with Gasteiger partial charge in [-0.1, -0.05) is 18.7 Å². The molecule has 7 rings (SSSR count). The zero-order valence-electron chi connectivity index (χ0n) is 27.0. The van der Waals surface area contributed by atoms with Crippen molar-refractivity contribution in [2.24, 2.45) is 0 Å². The van der Waals surface area contributed by atoms with E-state index in [1.165, 1.54) is 6.07 Å². The molecule has 0 fully saturated rings. The van der Waals surface area contributed by atoms with Crippen LogP contribution in [0, 0.1) is 19.7 Å². The molecule has 0 saturated heterocycles. The Bertz CT molecular complexity index is 2260. The summed E-state index contributed by atoms with van der Waals surface area (Å²) in [5.74, 6) is 0.479. The number of thiophene rings is 1. The zero-order valence-corrected chi connectivity index (χ0v) is 27.8. The maximum Gasteiger partial charge on any atom is 0.322 e. The highest BCUT2D eigenvalue weighted by atomic mass is 32.1. The minimum absolute atomic E-state index is 0.000401. The van der Waals surface area contributed by atoms with Gasteiger partial charge in [-0.15, -0.1) is 11.3 Å². The summed E-state index contributed by atoms with van der Waals surface area (Å²) < 4.78 is 24.6. The normalized spacial score (nSPS) is 13.0. The van der Waals surface area contributed by atoms with Crippen LogP contribution >= 0.6 is 11.3 Å². The van der Waals surface area contributed by atoms with Crippen molar-refractivity contribution in [1.82, 2.24) is 29.4 Å². The summed E-state index contributed by atoms with van der Waals surface area (Å²) in [6.45, 7) is 11.7. The van der Waals surface area contributed by atoms with Gasteiger partial charge in [-0.25, -0.2) is 24.3 Å². The number of carbonyl (C=O) groups is 1. The Morgan fingerprint density at radius 3 is 2.67 bits per heavy atom. The van der Waals surface area contributed by atoms with Crippen LogP contribution < -0.4 is 15.8 Å². The summed E-state index contributed by atoms with van der Waals surface area (Å²) in [7, 11) is 2.08. The van der Waals surface area contributed by atoms with Crippen LogP contribution in [-0.2, 0) is 17.9 Å². The first-order valence-corrected chi connectivity index (χ1v) is 16.2. The summed E-state index contributed by atoms with van der Waals surface area (Å²) in [5, 5.41) is 3.60. The summed E-state index contributed by atoms with van der Waals surface area (Å²) in [5.41, 5.74) is 13.2. The number of imidazole rings is 1. The number of nitrogens with one attached hydrogen (secondary N) is 1. The molecule has 242 valence electrons. The number of nitrogens with zero attached hydrogens (tertiary/aromatic N) is 6. The van der Waals surface area contributed by atoms with Crippen LogP contribution in [0.2, 0.25) is 0 Å². The van der Waals surface area contributed by atoms with Crippen LogP contribution in [0.1, 0.15) is 24.0 Å². The first-order chi connectivity index (χ1) is 23.0. The molecular weight excluding hydrogens is 628 g/mol. The maximum atomic E-state index is 15.8. The fourth-order valence-electron chi connectivity index (χ4n) is 5.82. The van der Waals surface area contributed by atoms with Gasteiger partial charge in [-0.3, -0.25) is 9.69 Å². The SMILES string of the molecule is C=C(C)C(=O)Nc1ccc(-c2sc3c(-c4cn5c(n4)CN(C)CC5)cnc(N)c3c2-c2ccc(Oc3nccc(C)n3)c(F)c2)c(C)c1. The highest BCUT2D eigenvalue weighted by Crippen LogP contribution is 2.50. The van der Waals surface area contributed by atoms with Gasteiger partial charge in [0.05, 0.1) is 16.9 Å². The first kappa shape index (κ1) is 31.2. The number of aryl methyl sites for hydroxylation is 2. The number of hydrogen-bond donors (Lipinski definition) is 2. The monoisotopic (exact) mass is 660 g/mol. The number of rotatable bonds is 7. The molecule has 48 heavy (non-hydrogen) atoms. The van der Waals surface area contributed by atoms with Crippen LogP contribution in [0.3, 0.4) is 0 Å². The third-order valence-corrected chi connectivity index (χ3v) is 9.58. The fourth-order valence-corrected chi connectivity index (χ4v) is 7.26. The molecule has 0 unspecified atom stereocenters. The molecule has 0 saturated carbocycles. The average Bonchev–Trinajstić information content (AvgIpc) is 3.65. The molecular formula is C36H33FN8O2S. The molecule has 4 aromatic heterocycles. The van der Waals surface area contributed by atoms with E-state index in [1.807, 2.05) is 32.0 Å². The highest BCUT2D eigenvalue weighted by molar-refractivity contribution is 7.23. The molecule has 2 aromatic carbocycles. The largest absolute Gasteiger partial charge is 0.421 e. The third-order valence-electron chi connectivity index (χ3n) is 8.32. The van der Waals surface area contributed by atoms with E-state index >= 15 is 4.39 Å². The van der Waals surface area contributed by atoms with Crippen molar-refractivity contribution in [3.8, 4) is 44.6 Å². The van der Waals surface area contributed by atoms with Crippen molar-refractivity contribution in [3.63, 3.8) is 0 Å². The molecule has 1 aliphatic heterocycles. The standard InChI is InChI=1S/C36H33FN8O2S/c1-19(2)35(46)42-23-7-8-24(20(3)14-23)32-30(22-6-9-28(26(37)15-22)47-36-39-11-10-21(4)41-36)31-33(48-32)25(16-40-34(31)38)27-17-45-13-12-44(5)18-29(45)43-27/h6-11,14-17H,1,12-13,18H2,2-5H3,(H2,38,40)(H,42,46). The molecule has 1 amide bonds. The summed E-state index contributed by atoms with van der Waals surface area (Å²) >= 11 is 1.55. The lowest BCUT2D eigenvalue weighted by Crippen LogP contribution is -2.30. The van der Waals surface area contributed by atoms with Crippen molar-refractivity contribution in [3.05, 3.63) is 96.1 Å². The average molecular weight is 661 g/mol. The van der Waals surface area contributed by atoms with Gasteiger partial charge in [-0.2, -0.15) is 0 Å². The number of nitrogen functional groups attached to an aromatic ring is 1. The molecule has 3 N–H and O–H groups in total. The predicted molar refractivity (Wildman–Crippen MR) is 187 cm³/mol. The number of nitrogens with two attached hydrogens (primary N) is 1. The second kappa shape index (κ2) is 12.3. The van der Waals surface area contributed by atoms with E-state index < -0.39 is 5.82 Å². The molecule has 12 heteroatoms. The lowest BCUT2D eigenvalue weighted by molar-refractivity contribution is -0.112. The molecule has 0 bridgehead atoms. The van der Waals surface area contributed by atoms with Crippen LogP contribution in [0.15, 0.2) is 73.2 Å². The number of likely N-dealkylation sites (N-methyl/N-ethyl adjacent to an activating group) is 1. The van der Waals surface area contributed by atoms with Crippen LogP contribution in [0.4, 0.5) is 15.9 Å². The lowest BCUT2D eigenvalue weighted by Gasteiger charge is -2.22. The number of benzene rings is 2. The Hall–Kier alpha value is -5.46. The molecule has 0 atom stereocenters. The van der Waals surface area contributed by atoms with E-state index in [-0.39, 0.29) is 17.7 Å². The van der Waals surface area contributed by atoms with Crippen molar-refractivity contribution in [2.75, 3.05) is 24.6 Å². The molecule has 6 aromatic rings. The smallest absolute Gasteiger partial charge is 0.322 e.